The lowest BCUT2D eigenvalue weighted by Gasteiger charge is -2.13. The summed E-state index contributed by atoms with van der Waals surface area (Å²) in [5, 5.41) is 11.5. The Hall–Kier alpha value is -2.32. The zero-order valence-corrected chi connectivity index (χ0v) is 15.1. The lowest BCUT2D eigenvalue weighted by atomic mass is 9.97. The topological polar surface area (TPSA) is 101 Å². The van der Waals surface area contributed by atoms with Gasteiger partial charge in [0.25, 0.3) is 6.47 Å². The number of thiol groups is 1. The minimum atomic E-state index is -0.250. The fourth-order valence-corrected chi connectivity index (χ4v) is 4.39. The zero-order chi connectivity index (χ0) is 17.8. The van der Waals surface area contributed by atoms with Crippen LogP contribution in [0.5, 0.6) is 0 Å². The van der Waals surface area contributed by atoms with Gasteiger partial charge in [-0.1, -0.05) is 0 Å². The van der Waals surface area contributed by atoms with Gasteiger partial charge in [0.2, 0.25) is 0 Å². The first-order valence-electron chi connectivity index (χ1n) is 7.82. The molecular weight excluding hydrogens is 356 g/mol. The van der Waals surface area contributed by atoms with Crippen molar-refractivity contribution >= 4 is 57.8 Å². The highest BCUT2D eigenvalue weighted by Gasteiger charge is 2.19. The fourth-order valence-electron chi connectivity index (χ4n) is 2.94. The number of fused-ring (bicyclic) bond motifs is 3. The number of rotatable bonds is 2. The van der Waals surface area contributed by atoms with E-state index in [4.69, 9.17) is 15.6 Å². The van der Waals surface area contributed by atoms with Crippen molar-refractivity contribution in [1.82, 2.24) is 9.97 Å². The number of nitrogens with two attached hydrogens (primary N) is 1. The number of nitrogens with one attached hydrogen (secondary N) is 1. The third-order valence-electron chi connectivity index (χ3n) is 4.04. The van der Waals surface area contributed by atoms with Crippen LogP contribution in [0.4, 0.5) is 17.2 Å². The van der Waals surface area contributed by atoms with E-state index >= 15 is 0 Å². The molecule has 0 amide bonds. The molecule has 1 aliphatic rings. The molecular formula is C17H18N4O2S2. The first-order chi connectivity index (χ1) is 12.1. The molecule has 0 spiro atoms. The number of benzene rings is 1. The van der Waals surface area contributed by atoms with Crippen LogP contribution in [0.15, 0.2) is 29.4 Å². The summed E-state index contributed by atoms with van der Waals surface area (Å²) in [6.45, 7) is -0.250. The van der Waals surface area contributed by atoms with Crippen molar-refractivity contribution in [2.24, 2.45) is 0 Å². The molecule has 1 aliphatic carbocycles. The monoisotopic (exact) mass is 374 g/mol. The van der Waals surface area contributed by atoms with Crippen molar-refractivity contribution < 1.29 is 9.90 Å². The Kier molecular flexibility index (Phi) is 5.40. The largest absolute Gasteiger partial charge is 0.483 e. The summed E-state index contributed by atoms with van der Waals surface area (Å²) in [4.78, 5) is 20.6. The normalized spacial score (nSPS) is 12.8. The van der Waals surface area contributed by atoms with Crippen LogP contribution in [0.2, 0.25) is 0 Å². The fraction of sp³-hybridized carbons (Fsp3) is 0.235. The Morgan fingerprint density at radius 2 is 2.04 bits per heavy atom. The van der Waals surface area contributed by atoms with E-state index in [1.807, 2.05) is 18.2 Å². The number of hydrogen-bond acceptors (Lipinski definition) is 7. The van der Waals surface area contributed by atoms with E-state index in [2.05, 4.69) is 27.9 Å². The molecule has 0 saturated carbocycles. The number of carboxylic acid groups (broad SMARTS) is 1. The first-order valence-corrected chi connectivity index (χ1v) is 9.09. The molecule has 0 aliphatic heterocycles. The molecule has 0 fully saturated rings. The van der Waals surface area contributed by atoms with Crippen LogP contribution in [0.25, 0.3) is 10.2 Å². The highest BCUT2D eigenvalue weighted by Crippen LogP contribution is 2.39. The summed E-state index contributed by atoms with van der Waals surface area (Å²) >= 11 is 6.18. The van der Waals surface area contributed by atoms with Crippen molar-refractivity contribution in [3.05, 3.63) is 35.0 Å². The summed E-state index contributed by atoms with van der Waals surface area (Å²) < 4.78 is 0. The average molecular weight is 374 g/mol. The number of nitrogens with zero attached hydrogens (tertiary/aromatic N) is 2. The third kappa shape index (κ3) is 3.69. The molecule has 130 valence electrons. The van der Waals surface area contributed by atoms with Crippen molar-refractivity contribution in [2.75, 3.05) is 11.1 Å². The molecule has 0 unspecified atom stereocenters. The molecule has 4 rings (SSSR count). The maximum absolute atomic E-state index is 8.36. The number of nitrogen functional groups attached to an aromatic ring is 1. The molecule has 4 N–H and O–H groups in total. The molecule has 0 bridgehead atoms. The Morgan fingerprint density at radius 3 is 2.80 bits per heavy atom. The molecule has 0 radical (unpaired) electrons. The quantitative estimate of drug-likeness (QED) is 0.308. The van der Waals surface area contributed by atoms with Crippen molar-refractivity contribution in [1.29, 1.82) is 0 Å². The van der Waals surface area contributed by atoms with E-state index in [-0.39, 0.29) is 6.47 Å². The lowest BCUT2D eigenvalue weighted by Crippen LogP contribution is -2.01. The van der Waals surface area contributed by atoms with Crippen LogP contribution in [0.1, 0.15) is 23.3 Å². The Morgan fingerprint density at radius 1 is 1.28 bits per heavy atom. The molecule has 8 heteroatoms. The zero-order valence-electron chi connectivity index (χ0n) is 13.4. The average Bonchev–Trinajstić information content (AvgIpc) is 2.98. The molecule has 2 heterocycles. The van der Waals surface area contributed by atoms with Gasteiger partial charge >= 0.3 is 0 Å². The SMILES string of the molecule is Nc1ccc(Nc2ncnc3sc4c(c23)CCCC4)cc1S.O=CO. The van der Waals surface area contributed by atoms with E-state index < -0.39 is 0 Å². The molecule has 2 aromatic heterocycles. The van der Waals surface area contributed by atoms with E-state index in [0.717, 1.165) is 27.7 Å². The standard InChI is InChI=1S/C16H16N4S2.CH2O2/c17-11-6-5-9(7-12(11)21)20-15-14-10-3-1-2-4-13(10)22-16(14)19-8-18-15;2-1-3/h5-8,21H,1-4,17H2,(H,18,19,20);1H,(H,2,3). The van der Waals surface area contributed by atoms with E-state index in [9.17, 15) is 0 Å². The number of anilines is 3. The number of aromatic nitrogens is 2. The third-order valence-corrected chi connectivity index (χ3v) is 5.63. The summed E-state index contributed by atoms with van der Waals surface area (Å²) in [5.74, 6) is 0.877. The highest BCUT2D eigenvalue weighted by molar-refractivity contribution is 7.80. The molecule has 3 aromatic rings. The van der Waals surface area contributed by atoms with Gasteiger partial charge in [-0.2, -0.15) is 0 Å². The van der Waals surface area contributed by atoms with Gasteiger partial charge in [-0.25, -0.2) is 9.97 Å². The maximum Gasteiger partial charge on any atom is 0.290 e. The van der Waals surface area contributed by atoms with Crippen LogP contribution in [0, 0.1) is 0 Å². The van der Waals surface area contributed by atoms with Crippen molar-refractivity contribution in [3.63, 3.8) is 0 Å². The smallest absolute Gasteiger partial charge is 0.290 e. The van der Waals surface area contributed by atoms with Gasteiger partial charge in [-0.3, -0.25) is 4.79 Å². The number of carbonyl (C=O) groups is 1. The van der Waals surface area contributed by atoms with E-state index in [1.54, 1.807) is 17.7 Å². The predicted octanol–water partition coefficient (Wildman–Crippen LogP) is 3.89. The molecule has 6 nitrogen and oxygen atoms in total. The predicted molar refractivity (Wildman–Crippen MR) is 104 cm³/mol. The molecule has 0 atom stereocenters. The van der Waals surface area contributed by atoms with E-state index in [0.29, 0.717) is 5.69 Å². The van der Waals surface area contributed by atoms with Gasteiger partial charge in [0.15, 0.2) is 0 Å². The Balaban J connectivity index is 0.000000569. The van der Waals surface area contributed by atoms with Gasteiger partial charge in [0, 0.05) is 21.1 Å². The molecule has 25 heavy (non-hydrogen) atoms. The summed E-state index contributed by atoms with van der Waals surface area (Å²) in [5.41, 5.74) is 8.86. The first kappa shape index (κ1) is 17.5. The summed E-state index contributed by atoms with van der Waals surface area (Å²) in [7, 11) is 0. The minimum Gasteiger partial charge on any atom is -0.483 e. The second-order valence-corrected chi connectivity index (χ2v) is 7.18. The van der Waals surface area contributed by atoms with Crippen LogP contribution in [-0.4, -0.2) is 21.5 Å². The second kappa shape index (κ2) is 7.71. The van der Waals surface area contributed by atoms with Gasteiger partial charge < -0.3 is 16.2 Å². The van der Waals surface area contributed by atoms with Crippen LogP contribution >= 0.6 is 24.0 Å². The number of hydrogen-bond donors (Lipinski definition) is 4. The Bertz CT molecular complexity index is 911. The van der Waals surface area contributed by atoms with Crippen molar-refractivity contribution in [3.8, 4) is 0 Å². The number of thiophene rings is 1. The summed E-state index contributed by atoms with van der Waals surface area (Å²) in [6.07, 6.45) is 6.44. The summed E-state index contributed by atoms with van der Waals surface area (Å²) in [6, 6.07) is 5.72. The molecule has 1 aromatic carbocycles. The van der Waals surface area contributed by atoms with Gasteiger partial charge in [0.1, 0.15) is 17.0 Å². The van der Waals surface area contributed by atoms with Crippen molar-refractivity contribution in [2.45, 2.75) is 30.6 Å². The Labute approximate surface area is 154 Å². The highest BCUT2D eigenvalue weighted by atomic mass is 32.1. The van der Waals surface area contributed by atoms with Gasteiger partial charge in [-0.15, -0.1) is 24.0 Å². The molecule has 0 saturated heterocycles. The second-order valence-electron chi connectivity index (χ2n) is 5.62. The maximum atomic E-state index is 8.36. The van der Waals surface area contributed by atoms with Crippen LogP contribution in [-0.2, 0) is 17.6 Å². The van der Waals surface area contributed by atoms with Crippen LogP contribution in [0.3, 0.4) is 0 Å². The number of aryl methyl sites for hydroxylation is 2. The lowest BCUT2D eigenvalue weighted by molar-refractivity contribution is -0.122. The van der Waals surface area contributed by atoms with E-state index in [1.165, 1.54) is 35.1 Å². The minimum absolute atomic E-state index is 0.250. The van der Waals surface area contributed by atoms with Gasteiger partial charge in [0.05, 0.1) is 5.39 Å². The van der Waals surface area contributed by atoms with Crippen LogP contribution < -0.4 is 11.1 Å². The van der Waals surface area contributed by atoms with Gasteiger partial charge in [-0.05, 0) is 49.4 Å².